The van der Waals surface area contributed by atoms with Crippen molar-refractivity contribution in [3.05, 3.63) is 23.3 Å². The van der Waals surface area contributed by atoms with Crippen LogP contribution in [0.15, 0.2) is 6.07 Å². The average Bonchev–Trinajstić information content (AvgIpc) is 2.01. The second-order valence-electron chi connectivity index (χ2n) is 4.05. The number of aromatic nitrogens is 2. The first-order valence-corrected chi connectivity index (χ1v) is 5.10. The van der Waals surface area contributed by atoms with Gasteiger partial charge >= 0.3 is 0 Å². The van der Waals surface area contributed by atoms with Crippen LogP contribution in [0.5, 0.6) is 0 Å². The van der Waals surface area contributed by atoms with E-state index >= 15 is 0 Å². The molecule has 0 unspecified atom stereocenters. The van der Waals surface area contributed by atoms with Gasteiger partial charge < -0.3 is 5.32 Å². The lowest BCUT2D eigenvalue weighted by Gasteiger charge is -2.07. The maximum atomic E-state index is 4.49. The summed E-state index contributed by atoms with van der Waals surface area (Å²) in [6.45, 7) is 7.17. The average molecular weight is 193 g/mol. The molecule has 1 aromatic rings. The maximum Gasteiger partial charge on any atom is 0.142 e. The van der Waals surface area contributed by atoms with E-state index in [0.29, 0.717) is 5.92 Å². The molecule has 1 rings (SSSR count). The number of nitrogens with zero attached hydrogens (tertiary/aromatic N) is 2. The molecule has 3 heteroatoms. The van der Waals surface area contributed by atoms with Crippen LogP contribution in [-0.4, -0.2) is 17.0 Å². The highest BCUT2D eigenvalue weighted by Gasteiger charge is 2.03. The summed E-state index contributed by atoms with van der Waals surface area (Å²) in [6.07, 6.45) is 1.03. The van der Waals surface area contributed by atoms with E-state index < -0.39 is 0 Å². The van der Waals surface area contributed by atoms with Crippen LogP contribution in [0.4, 0.5) is 0 Å². The molecular weight excluding hydrogens is 174 g/mol. The maximum absolute atomic E-state index is 4.49. The van der Waals surface area contributed by atoms with E-state index in [-0.39, 0.29) is 0 Å². The number of hydrogen-bond donors (Lipinski definition) is 1. The van der Waals surface area contributed by atoms with E-state index in [0.717, 1.165) is 30.2 Å². The zero-order valence-electron chi connectivity index (χ0n) is 9.46. The van der Waals surface area contributed by atoms with Gasteiger partial charge in [-0.05, 0) is 32.4 Å². The Balaban J connectivity index is 2.83. The first-order valence-electron chi connectivity index (χ1n) is 5.10. The van der Waals surface area contributed by atoms with Gasteiger partial charge in [0, 0.05) is 11.4 Å². The van der Waals surface area contributed by atoms with Gasteiger partial charge in [-0.2, -0.15) is 0 Å². The lowest BCUT2D eigenvalue weighted by molar-refractivity contribution is 0.625. The highest BCUT2D eigenvalue weighted by molar-refractivity contribution is 5.10. The van der Waals surface area contributed by atoms with Crippen molar-refractivity contribution in [2.45, 2.75) is 33.7 Å². The Hall–Kier alpha value is -0.960. The molecule has 1 N–H and O–H groups in total. The van der Waals surface area contributed by atoms with Crippen LogP contribution < -0.4 is 5.32 Å². The quantitative estimate of drug-likeness (QED) is 0.791. The summed E-state index contributed by atoms with van der Waals surface area (Å²) in [7, 11) is 1.91. The second-order valence-corrected chi connectivity index (χ2v) is 4.05. The largest absolute Gasteiger partial charge is 0.313 e. The van der Waals surface area contributed by atoms with Crippen LogP contribution in [-0.2, 0) is 13.0 Å². The zero-order valence-corrected chi connectivity index (χ0v) is 9.46. The van der Waals surface area contributed by atoms with Crippen LogP contribution >= 0.6 is 0 Å². The molecule has 0 saturated carbocycles. The van der Waals surface area contributed by atoms with Gasteiger partial charge in [0.1, 0.15) is 5.82 Å². The van der Waals surface area contributed by atoms with Crippen molar-refractivity contribution in [1.29, 1.82) is 0 Å². The molecule has 0 amide bonds. The van der Waals surface area contributed by atoms with E-state index in [9.17, 15) is 0 Å². The Morgan fingerprint density at radius 2 is 2.07 bits per heavy atom. The Bertz CT molecular complexity index is 295. The molecule has 0 aliphatic heterocycles. The molecule has 0 aliphatic carbocycles. The molecule has 1 aromatic heterocycles. The van der Waals surface area contributed by atoms with Gasteiger partial charge in [0.25, 0.3) is 0 Å². The lowest BCUT2D eigenvalue weighted by atomic mass is 10.1. The summed E-state index contributed by atoms with van der Waals surface area (Å²) in [5, 5.41) is 3.07. The van der Waals surface area contributed by atoms with Crippen LogP contribution in [0, 0.1) is 12.8 Å². The van der Waals surface area contributed by atoms with Crippen molar-refractivity contribution >= 4 is 0 Å². The molecular formula is C11H19N3. The van der Waals surface area contributed by atoms with E-state index in [4.69, 9.17) is 0 Å². The molecule has 0 aromatic carbocycles. The minimum Gasteiger partial charge on any atom is -0.313 e. The van der Waals surface area contributed by atoms with Gasteiger partial charge in [0.15, 0.2) is 0 Å². The lowest BCUT2D eigenvalue weighted by Crippen LogP contribution is -2.11. The Morgan fingerprint density at radius 1 is 1.36 bits per heavy atom. The first-order chi connectivity index (χ1) is 6.61. The molecule has 3 nitrogen and oxygen atoms in total. The molecule has 0 aliphatic rings. The van der Waals surface area contributed by atoms with Crippen LogP contribution in [0.1, 0.15) is 31.1 Å². The van der Waals surface area contributed by atoms with Gasteiger partial charge in [-0.15, -0.1) is 0 Å². The molecule has 0 saturated heterocycles. The van der Waals surface area contributed by atoms with E-state index in [1.54, 1.807) is 0 Å². The predicted octanol–water partition coefficient (Wildman–Crippen LogP) is 1.70. The van der Waals surface area contributed by atoms with Crippen molar-refractivity contribution in [3.8, 4) is 0 Å². The van der Waals surface area contributed by atoms with Gasteiger partial charge in [0.2, 0.25) is 0 Å². The zero-order chi connectivity index (χ0) is 10.6. The third-order valence-corrected chi connectivity index (χ3v) is 1.91. The van der Waals surface area contributed by atoms with E-state index in [1.165, 1.54) is 0 Å². The molecule has 0 fully saturated rings. The summed E-state index contributed by atoms with van der Waals surface area (Å²) in [6, 6.07) is 2.07. The van der Waals surface area contributed by atoms with Gasteiger partial charge in [-0.3, -0.25) is 0 Å². The normalized spacial score (nSPS) is 10.9. The number of aryl methyl sites for hydroxylation is 1. The minimum absolute atomic E-state index is 0.645. The van der Waals surface area contributed by atoms with Crippen LogP contribution in [0.3, 0.4) is 0 Å². The van der Waals surface area contributed by atoms with Crippen LogP contribution in [0.2, 0.25) is 0 Å². The topological polar surface area (TPSA) is 37.8 Å². The van der Waals surface area contributed by atoms with Crippen molar-refractivity contribution in [1.82, 2.24) is 15.3 Å². The van der Waals surface area contributed by atoms with Gasteiger partial charge in [-0.1, -0.05) is 13.8 Å². The molecule has 0 atom stereocenters. The third kappa shape index (κ3) is 3.42. The van der Waals surface area contributed by atoms with Crippen LogP contribution in [0.25, 0.3) is 0 Å². The summed E-state index contributed by atoms with van der Waals surface area (Å²) >= 11 is 0. The summed E-state index contributed by atoms with van der Waals surface area (Å²) in [4.78, 5) is 8.85. The summed E-state index contributed by atoms with van der Waals surface area (Å²) in [5.41, 5.74) is 2.21. The Kier molecular flexibility index (Phi) is 4.01. The first kappa shape index (κ1) is 11.1. The molecule has 14 heavy (non-hydrogen) atoms. The number of rotatable bonds is 4. The highest BCUT2D eigenvalue weighted by atomic mass is 15.0. The van der Waals surface area contributed by atoms with Crippen molar-refractivity contribution in [2.75, 3.05) is 7.05 Å². The number of nitrogens with one attached hydrogen (secondary N) is 1. The third-order valence-electron chi connectivity index (χ3n) is 1.91. The summed E-state index contributed by atoms with van der Waals surface area (Å²) < 4.78 is 0. The Morgan fingerprint density at radius 3 is 2.64 bits per heavy atom. The SMILES string of the molecule is CNCc1nc(C)cc(CC(C)C)n1. The minimum atomic E-state index is 0.645. The molecule has 0 bridgehead atoms. The fourth-order valence-corrected chi connectivity index (χ4v) is 1.46. The fourth-order valence-electron chi connectivity index (χ4n) is 1.46. The van der Waals surface area contributed by atoms with Crippen molar-refractivity contribution in [3.63, 3.8) is 0 Å². The highest BCUT2D eigenvalue weighted by Crippen LogP contribution is 2.07. The van der Waals surface area contributed by atoms with Crippen molar-refractivity contribution in [2.24, 2.45) is 5.92 Å². The van der Waals surface area contributed by atoms with E-state index in [2.05, 4.69) is 35.2 Å². The fraction of sp³-hybridized carbons (Fsp3) is 0.636. The predicted molar refractivity (Wildman–Crippen MR) is 58.1 cm³/mol. The smallest absolute Gasteiger partial charge is 0.142 e. The second kappa shape index (κ2) is 5.05. The van der Waals surface area contributed by atoms with Gasteiger partial charge in [-0.25, -0.2) is 9.97 Å². The Labute approximate surface area is 86.0 Å². The number of hydrogen-bond acceptors (Lipinski definition) is 3. The molecule has 78 valence electrons. The monoisotopic (exact) mass is 193 g/mol. The van der Waals surface area contributed by atoms with Gasteiger partial charge in [0.05, 0.1) is 6.54 Å². The molecule has 0 radical (unpaired) electrons. The van der Waals surface area contributed by atoms with Crippen molar-refractivity contribution < 1.29 is 0 Å². The molecule has 0 spiro atoms. The summed E-state index contributed by atoms with van der Waals surface area (Å²) in [5.74, 6) is 1.54. The standard InChI is InChI=1S/C11H19N3/c1-8(2)5-10-6-9(3)13-11(14-10)7-12-4/h6,8,12H,5,7H2,1-4H3. The van der Waals surface area contributed by atoms with E-state index in [1.807, 2.05) is 14.0 Å². The molecule has 1 heterocycles.